The number of rotatable bonds is 2. The van der Waals surface area contributed by atoms with Crippen molar-refractivity contribution in [2.75, 3.05) is 13.3 Å². The van der Waals surface area contributed by atoms with Gasteiger partial charge >= 0.3 is 0 Å². The van der Waals surface area contributed by atoms with Crippen LogP contribution >= 0.6 is 0 Å². The number of para-hydroxylation sites is 1. The fraction of sp³-hybridized carbons (Fsp3) is 0.364. The Hall–Kier alpha value is -1.45. The summed E-state index contributed by atoms with van der Waals surface area (Å²) < 4.78 is 30.6. The van der Waals surface area contributed by atoms with E-state index in [1.807, 2.05) is 0 Å². The summed E-state index contributed by atoms with van der Waals surface area (Å²) in [5.74, 6) is -0.00352. The normalized spacial score (nSPS) is 18.1. The Morgan fingerprint density at radius 2 is 1.93 bits per heavy atom. The van der Waals surface area contributed by atoms with Gasteiger partial charge in [-0.3, -0.25) is 4.79 Å². The number of carbonyl (C=O) groups excluding carboxylic acids is 1. The molecule has 0 aromatic heterocycles. The van der Waals surface area contributed by atoms with Gasteiger partial charge in [0.1, 0.15) is 19.1 Å². The quantitative estimate of drug-likeness (QED) is 0.752. The molecular formula is C11H10F2O2. The van der Waals surface area contributed by atoms with E-state index in [9.17, 15) is 13.6 Å². The molecule has 0 atom stereocenters. The van der Waals surface area contributed by atoms with Crippen LogP contribution in [-0.2, 0) is 0 Å². The van der Waals surface area contributed by atoms with Gasteiger partial charge in [-0.1, -0.05) is 12.1 Å². The molecule has 1 aliphatic heterocycles. The number of Topliss-reactive ketones (excluding diaryl/α,β-unsaturated/α-hetero) is 1. The molecule has 1 aromatic rings. The van der Waals surface area contributed by atoms with E-state index in [0.29, 0.717) is 5.56 Å². The SMILES string of the molecule is O=C1CC(CF)(CF)Oc2ccccc21. The molecule has 0 unspecified atom stereocenters. The Morgan fingerprint density at radius 1 is 1.27 bits per heavy atom. The summed E-state index contributed by atoms with van der Waals surface area (Å²) in [5, 5.41) is 0. The third-order valence-electron chi connectivity index (χ3n) is 2.48. The molecule has 0 saturated heterocycles. The number of hydrogen-bond acceptors (Lipinski definition) is 2. The molecule has 0 amide bonds. The molecule has 15 heavy (non-hydrogen) atoms. The standard InChI is InChI=1S/C11H10F2O2/c12-6-11(7-13)5-9(14)8-3-1-2-4-10(8)15-11/h1-4H,5-7H2. The van der Waals surface area contributed by atoms with Crippen molar-refractivity contribution in [1.82, 2.24) is 0 Å². The lowest BCUT2D eigenvalue weighted by Crippen LogP contribution is -2.46. The number of ether oxygens (including phenoxy) is 1. The van der Waals surface area contributed by atoms with Crippen molar-refractivity contribution in [2.24, 2.45) is 0 Å². The van der Waals surface area contributed by atoms with Crippen LogP contribution in [0.15, 0.2) is 24.3 Å². The van der Waals surface area contributed by atoms with Crippen LogP contribution in [0.3, 0.4) is 0 Å². The van der Waals surface area contributed by atoms with Crippen LogP contribution in [0.25, 0.3) is 0 Å². The molecular weight excluding hydrogens is 202 g/mol. The predicted molar refractivity (Wildman–Crippen MR) is 50.7 cm³/mol. The van der Waals surface area contributed by atoms with Crippen LogP contribution in [-0.4, -0.2) is 24.7 Å². The number of benzene rings is 1. The van der Waals surface area contributed by atoms with Gasteiger partial charge in [0.2, 0.25) is 0 Å². The zero-order valence-corrected chi connectivity index (χ0v) is 8.00. The molecule has 1 aromatic carbocycles. The maximum absolute atomic E-state index is 12.7. The molecule has 2 nitrogen and oxygen atoms in total. The minimum absolute atomic E-state index is 0.239. The van der Waals surface area contributed by atoms with Gasteiger partial charge in [0, 0.05) is 0 Å². The first-order valence-electron chi connectivity index (χ1n) is 4.64. The monoisotopic (exact) mass is 212 g/mol. The Kier molecular flexibility index (Phi) is 2.42. The predicted octanol–water partition coefficient (Wildman–Crippen LogP) is 2.33. The molecule has 1 aliphatic rings. The minimum Gasteiger partial charge on any atom is -0.481 e. The van der Waals surface area contributed by atoms with Gasteiger partial charge in [0.25, 0.3) is 0 Å². The summed E-state index contributed by atoms with van der Waals surface area (Å²) in [6.07, 6.45) is -0.239. The van der Waals surface area contributed by atoms with Crippen LogP contribution in [0.4, 0.5) is 8.78 Å². The van der Waals surface area contributed by atoms with E-state index in [0.717, 1.165) is 0 Å². The first-order valence-corrected chi connectivity index (χ1v) is 4.64. The highest BCUT2D eigenvalue weighted by molar-refractivity contribution is 6.00. The number of alkyl halides is 2. The summed E-state index contributed by atoms with van der Waals surface area (Å²) in [7, 11) is 0. The summed E-state index contributed by atoms with van der Waals surface area (Å²) in [6.45, 7) is -1.99. The van der Waals surface area contributed by atoms with Crippen molar-refractivity contribution in [3.05, 3.63) is 29.8 Å². The summed E-state index contributed by atoms with van der Waals surface area (Å²) in [4.78, 5) is 11.6. The average Bonchev–Trinajstić information content (AvgIpc) is 2.29. The van der Waals surface area contributed by atoms with Gasteiger partial charge in [-0.25, -0.2) is 8.78 Å². The van der Waals surface area contributed by atoms with Crippen LogP contribution in [0, 0.1) is 0 Å². The Bertz CT molecular complexity index is 386. The lowest BCUT2D eigenvalue weighted by molar-refractivity contribution is 0.00431. The second kappa shape index (κ2) is 3.61. The first-order chi connectivity index (χ1) is 7.21. The zero-order chi connectivity index (χ0) is 10.9. The van der Waals surface area contributed by atoms with Crippen molar-refractivity contribution >= 4 is 5.78 Å². The highest BCUT2D eigenvalue weighted by Gasteiger charge is 2.40. The van der Waals surface area contributed by atoms with Gasteiger partial charge in [-0.05, 0) is 12.1 Å². The molecule has 0 N–H and O–H groups in total. The van der Waals surface area contributed by atoms with E-state index in [2.05, 4.69) is 0 Å². The molecule has 4 heteroatoms. The molecule has 0 saturated carbocycles. The van der Waals surface area contributed by atoms with Crippen molar-refractivity contribution in [1.29, 1.82) is 0 Å². The van der Waals surface area contributed by atoms with Gasteiger partial charge < -0.3 is 4.74 Å². The van der Waals surface area contributed by atoms with Gasteiger partial charge in [0.05, 0.1) is 12.0 Å². The van der Waals surface area contributed by atoms with E-state index in [1.165, 1.54) is 0 Å². The summed E-state index contributed by atoms with van der Waals surface area (Å²) >= 11 is 0. The topological polar surface area (TPSA) is 26.3 Å². The molecule has 2 rings (SSSR count). The zero-order valence-electron chi connectivity index (χ0n) is 8.00. The van der Waals surface area contributed by atoms with Gasteiger partial charge in [0.15, 0.2) is 11.4 Å². The van der Waals surface area contributed by atoms with Crippen molar-refractivity contribution in [3.63, 3.8) is 0 Å². The molecule has 0 radical (unpaired) electrons. The third-order valence-corrected chi connectivity index (χ3v) is 2.48. The Labute approximate surface area is 85.9 Å². The largest absolute Gasteiger partial charge is 0.481 e. The maximum Gasteiger partial charge on any atom is 0.172 e. The summed E-state index contributed by atoms with van der Waals surface area (Å²) in [6, 6.07) is 6.50. The first kappa shape index (κ1) is 10.1. The molecule has 0 spiro atoms. The molecule has 80 valence electrons. The van der Waals surface area contributed by atoms with Crippen LogP contribution in [0.2, 0.25) is 0 Å². The van der Waals surface area contributed by atoms with Gasteiger partial charge in [-0.2, -0.15) is 0 Å². The highest BCUT2D eigenvalue weighted by atomic mass is 19.1. The van der Waals surface area contributed by atoms with E-state index in [1.54, 1.807) is 24.3 Å². The third kappa shape index (κ3) is 1.60. The van der Waals surface area contributed by atoms with Crippen LogP contribution in [0.5, 0.6) is 5.75 Å². The summed E-state index contributed by atoms with van der Waals surface area (Å²) in [5.41, 5.74) is -1.21. The number of fused-ring (bicyclic) bond motifs is 1. The van der Waals surface area contributed by atoms with Crippen molar-refractivity contribution in [3.8, 4) is 5.75 Å². The van der Waals surface area contributed by atoms with Gasteiger partial charge in [-0.15, -0.1) is 0 Å². The van der Waals surface area contributed by atoms with E-state index in [-0.39, 0.29) is 18.0 Å². The second-order valence-electron chi connectivity index (χ2n) is 3.65. The maximum atomic E-state index is 12.7. The van der Waals surface area contributed by atoms with Crippen LogP contribution < -0.4 is 4.74 Å². The van der Waals surface area contributed by atoms with E-state index < -0.39 is 19.0 Å². The minimum atomic E-state index is -1.61. The highest BCUT2D eigenvalue weighted by Crippen LogP contribution is 2.33. The molecule has 0 fully saturated rings. The molecule has 0 bridgehead atoms. The second-order valence-corrected chi connectivity index (χ2v) is 3.65. The lowest BCUT2D eigenvalue weighted by atomic mass is 9.92. The number of hydrogen-bond donors (Lipinski definition) is 0. The number of ketones is 1. The molecule has 1 heterocycles. The van der Waals surface area contributed by atoms with Crippen LogP contribution in [0.1, 0.15) is 16.8 Å². The van der Waals surface area contributed by atoms with E-state index >= 15 is 0 Å². The average molecular weight is 212 g/mol. The number of halogens is 2. The lowest BCUT2D eigenvalue weighted by Gasteiger charge is -2.33. The van der Waals surface area contributed by atoms with Crippen molar-refractivity contribution in [2.45, 2.75) is 12.0 Å². The number of carbonyl (C=O) groups is 1. The van der Waals surface area contributed by atoms with E-state index in [4.69, 9.17) is 4.74 Å². The fourth-order valence-electron chi connectivity index (χ4n) is 1.63. The fourth-order valence-corrected chi connectivity index (χ4v) is 1.63. The molecule has 0 aliphatic carbocycles. The Balaban J connectivity index is 2.41. The van der Waals surface area contributed by atoms with Crippen molar-refractivity contribution < 1.29 is 18.3 Å². The Morgan fingerprint density at radius 3 is 2.60 bits per heavy atom. The smallest absolute Gasteiger partial charge is 0.172 e.